The van der Waals surface area contributed by atoms with Crippen molar-refractivity contribution in [3.8, 4) is 40.1 Å². The van der Waals surface area contributed by atoms with Gasteiger partial charge in [-0.3, -0.25) is 4.79 Å². The van der Waals surface area contributed by atoms with Gasteiger partial charge in [0, 0.05) is 17.7 Å². The van der Waals surface area contributed by atoms with Crippen LogP contribution >= 0.6 is 0 Å². The van der Waals surface area contributed by atoms with E-state index >= 15 is 0 Å². The molecule has 0 saturated heterocycles. The van der Waals surface area contributed by atoms with Gasteiger partial charge in [0.1, 0.15) is 23.3 Å². The lowest BCUT2D eigenvalue weighted by Gasteiger charge is -2.15. The predicted molar refractivity (Wildman–Crippen MR) is 125 cm³/mol. The van der Waals surface area contributed by atoms with Crippen molar-refractivity contribution in [2.75, 3.05) is 28.4 Å². The molecular weight excluding hydrogens is 424 g/mol. The Balaban J connectivity index is 1.79. The van der Waals surface area contributed by atoms with Gasteiger partial charge >= 0.3 is 0 Å². The quantitative estimate of drug-likeness (QED) is 0.372. The minimum absolute atomic E-state index is 0.258. The zero-order chi connectivity index (χ0) is 23.4. The molecule has 0 radical (unpaired) electrons. The van der Waals surface area contributed by atoms with Gasteiger partial charge in [-0.05, 0) is 23.8 Å². The number of benzene rings is 3. The maximum Gasteiger partial charge on any atom is 0.204 e. The number of methoxy groups -OCH3 is 4. The van der Waals surface area contributed by atoms with Crippen molar-refractivity contribution in [3.63, 3.8) is 0 Å². The maximum atomic E-state index is 13.0. The van der Waals surface area contributed by atoms with E-state index in [4.69, 9.17) is 28.1 Å². The van der Waals surface area contributed by atoms with Crippen molar-refractivity contribution in [2.45, 2.75) is 6.61 Å². The molecule has 1 aromatic heterocycles. The molecule has 0 amide bonds. The molecule has 0 saturated carbocycles. The lowest BCUT2D eigenvalue weighted by molar-refractivity contribution is 0.284. The molecule has 0 atom stereocenters. The van der Waals surface area contributed by atoms with E-state index in [1.54, 1.807) is 31.4 Å². The van der Waals surface area contributed by atoms with Gasteiger partial charge in [0.25, 0.3) is 0 Å². The summed E-state index contributed by atoms with van der Waals surface area (Å²) in [7, 11) is 6.03. The lowest BCUT2D eigenvalue weighted by atomic mass is 10.1. The molecule has 0 aliphatic rings. The Morgan fingerprint density at radius 3 is 2.12 bits per heavy atom. The van der Waals surface area contributed by atoms with Gasteiger partial charge < -0.3 is 28.1 Å². The van der Waals surface area contributed by atoms with Crippen LogP contribution in [0.3, 0.4) is 0 Å². The van der Waals surface area contributed by atoms with Crippen LogP contribution in [0, 0.1) is 0 Å². The van der Waals surface area contributed by atoms with Crippen molar-refractivity contribution >= 4 is 11.0 Å². The van der Waals surface area contributed by atoms with Crippen LogP contribution in [-0.2, 0) is 6.61 Å². The van der Waals surface area contributed by atoms with Crippen LogP contribution in [-0.4, -0.2) is 28.4 Å². The van der Waals surface area contributed by atoms with Gasteiger partial charge in [-0.1, -0.05) is 30.3 Å². The molecule has 0 aliphatic carbocycles. The first-order valence-corrected chi connectivity index (χ1v) is 10.2. The fraction of sp³-hybridized carbons (Fsp3) is 0.192. The molecule has 0 bridgehead atoms. The van der Waals surface area contributed by atoms with Crippen LogP contribution in [0.2, 0.25) is 0 Å². The molecule has 0 fully saturated rings. The highest BCUT2D eigenvalue weighted by Crippen LogP contribution is 2.43. The molecule has 33 heavy (non-hydrogen) atoms. The largest absolute Gasteiger partial charge is 0.493 e. The van der Waals surface area contributed by atoms with Crippen LogP contribution in [0.4, 0.5) is 0 Å². The van der Waals surface area contributed by atoms with Crippen LogP contribution in [0.5, 0.6) is 28.7 Å². The first kappa shape index (κ1) is 22.1. The van der Waals surface area contributed by atoms with Gasteiger partial charge in [0.05, 0.1) is 28.4 Å². The minimum atomic E-state index is -0.272. The molecule has 7 heteroatoms. The van der Waals surface area contributed by atoms with Gasteiger partial charge in [0.2, 0.25) is 5.75 Å². The van der Waals surface area contributed by atoms with Crippen molar-refractivity contribution in [3.05, 3.63) is 76.5 Å². The van der Waals surface area contributed by atoms with Crippen LogP contribution in [0.25, 0.3) is 22.3 Å². The molecule has 0 unspecified atom stereocenters. The fourth-order valence-electron chi connectivity index (χ4n) is 3.61. The third-order valence-corrected chi connectivity index (χ3v) is 5.21. The summed E-state index contributed by atoms with van der Waals surface area (Å²) in [5, 5.41) is 0.271. The summed E-state index contributed by atoms with van der Waals surface area (Å²) in [4.78, 5) is 13.0. The topological polar surface area (TPSA) is 76.4 Å². The average Bonchev–Trinajstić information content (AvgIpc) is 2.86. The van der Waals surface area contributed by atoms with Gasteiger partial charge in [0.15, 0.2) is 28.4 Å². The van der Waals surface area contributed by atoms with Gasteiger partial charge in [-0.25, -0.2) is 0 Å². The van der Waals surface area contributed by atoms with Crippen LogP contribution in [0.15, 0.2) is 69.9 Å². The lowest BCUT2D eigenvalue weighted by Crippen LogP contribution is -2.05. The number of hydrogen-bond donors (Lipinski definition) is 0. The first-order chi connectivity index (χ1) is 16.1. The second-order valence-electron chi connectivity index (χ2n) is 7.13. The summed E-state index contributed by atoms with van der Waals surface area (Å²) in [5.74, 6) is 2.46. The minimum Gasteiger partial charge on any atom is -0.493 e. The van der Waals surface area contributed by atoms with Crippen molar-refractivity contribution in [1.82, 2.24) is 0 Å². The highest BCUT2D eigenvalue weighted by Gasteiger charge is 2.21. The Morgan fingerprint density at radius 2 is 1.45 bits per heavy atom. The molecule has 0 aliphatic heterocycles. The third-order valence-electron chi connectivity index (χ3n) is 5.21. The second kappa shape index (κ2) is 9.56. The van der Waals surface area contributed by atoms with Gasteiger partial charge in [-0.15, -0.1) is 0 Å². The maximum absolute atomic E-state index is 13.0. The monoisotopic (exact) mass is 448 g/mol. The van der Waals surface area contributed by atoms with E-state index in [0.717, 1.165) is 5.56 Å². The molecule has 4 aromatic rings. The number of fused-ring (bicyclic) bond motifs is 1. The van der Waals surface area contributed by atoms with E-state index in [2.05, 4.69) is 0 Å². The Kier molecular flexibility index (Phi) is 6.40. The summed E-state index contributed by atoms with van der Waals surface area (Å²) in [6, 6.07) is 18.2. The van der Waals surface area contributed by atoms with E-state index in [9.17, 15) is 4.79 Å². The average molecular weight is 448 g/mol. The second-order valence-corrected chi connectivity index (χ2v) is 7.13. The molecule has 3 aromatic carbocycles. The predicted octanol–water partition coefficient (Wildman–Crippen LogP) is 5.07. The molecule has 0 N–H and O–H groups in total. The zero-order valence-corrected chi connectivity index (χ0v) is 18.8. The first-order valence-electron chi connectivity index (χ1n) is 10.2. The number of ether oxygens (including phenoxy) is 5. The number of hydrogen-bond acceptors (Lipinski definition) is 7. The Morgan fingerprint density at radius 1 is 0.727 bits per heavy atom. The molecule has 4 rings (SSSR count). The van der Waals surface area contributed by atoms with E-state index < -0.39 is 0 Å². The zero-order valence-electron chi connectivity index (χ0n) is 18.8. The van der Waals surface area contributed by atoms with E-state index in [0.29, 0.717) is 46.5 Å². The van der Waals surface area contributed by atoms with E-state index in [-0.39, 0.29) is 16.6 Å². The van der Waals surface area contributed by atoms with E-state index in [1.807, 2.05) is 30.3 Å². The summed E-state index contributed by atoms with van der Waals surface area (Å²) in [5.41, 5.74) is 1.73. The van der Waals surface area contributed by atoms with Crippen molar-refractivity contribution in [2.24, 2.45) is 0 Å². The van der Waals surface area contributed by atoms with Crippen molar-refractivity contribution < 1.29 is 28.1 Å². The highest BCUT2D eigenvalue weighted by atomic mass is 16.5. The highest BCUT2D eigenvalue weighted by molar-refractivity contribution is 5.90. The Hall–Kier alpha value is -4.13. The third kappa shape index (κ3) is 4.30. The Bertz CT molecular complexity index is 1330. The van der Waals surface area contributed by atoms with E-state index in [1.165, 1.54) is 27.4 Å². The van der Waals surface area contributed by atoms with Gasteiger partial charge in [-0.2, -0.15) is 0 Å². The molecule has 1 heterocycles. The molecule has 170 valence electrons. The summed E-state index contributed by atoms with van der Waals surface area (Å²) in [6.45, 7) is 0.372. The summed E-state index contributed by atoms with van der Waals surface area (Å²) < 4.78 is 33.7. The summed E-state index contributed by atoms with van der Waals surface area (Å²) >= 11 is 0. The fourth-order valence-corrected chi connectivity index (χ4v) is 3.61. The molecule has 0 spiro atoms. The van der Waals surface area contributed by atoms with Crippen LogP contribution in [0.1, 0.15) is 5.56 Å². The summed E-state index contributed by atoms with van der Waals surface area (Å²) in [6.07, 6.45) is 0. The Labute approximate surface area is 191 Å². The SMILES string of the molecule is COc1ccc(-c2cc(=O)c3c(OC)c(OC)c(OC)cc3o2)cc1OCc1ccccc1. The normalized spacial score (nSPS) is 10.7. The number of rotatable bonds is 8. The molecular formula is C26H24O7. The molecule has 7 nitrogen and oxygen atoms in total. The standard InChI is InChI=1S/C26H24O7/c1-28-19-11-10-17(12-21(19)32-15-16-8-6-5-7-9-16)20-13-18(27)24-22(33-20)14-23(29-2)25(30-3)26(24)31-4/h5-14H,15H2,1-4H3. The van der Waals surface area contributed by atoms with Crippen molar-refractivity contribution in [1.29, 1.82) is 0 Å². The smallest absolute Gasteiger partial charge is 0.204 e. The van der Waals surface area contributed by atoms with Crippen LogP contribution < -0.4 is 29.1 Å².